The highest BCUT2D eigenvalue weighted by atomic mass is 32.2. The molecular formula is C20H26N2O3S. The lowest BCUT2D eigenvalue weighted by molar-refractivity contribution is -0.156. The lowest BCUT2D eigenvalue weighted by Crippen LogP contribution is -2.65. The van der Waals surface area contributed by atoms with Gasteiger partial charge in [0.15, 0.2) is 0 Å². The largest absolute Gasteiger partial charge is 0.465 e. The van der Waals surface area contributed by atoms with E-state index in [1.807, 2.05) is 35.8 Å². The molecule has 5 nitrogen and oxygen atoms in total. The first-order valence-electron chi connectivity index (χ1n) is 9.49. The van der Waals surface area contributed by atoms with Crippen LogP contribution >= 0.6 is 11.8 Å². The summed E-state index contributed by atoms with van der Waals surface area (Å²) in [6, 6.07) is 7.85. The second-order valence-corrected chi connectivity index (χ2v) is 9.07. The van der Waals surface area contributed by atoms with E-state index in [2.05, 4.69) is 17.4 Å². The summed E-state index contributed by atoms with van der Waals surface area (Å²) in [5.74, 6) is 2.32. The molecule has 0 radical (unpaired) electrons. The molecule has 4 aliphatic rings. The van der Waals surface area contributed by atoms with Gasteiger partial charge in [-0.1, -0.05) is 12.1 Å². The molecule has 1 unspecified atom stereocenters. The van der Waals surface area contributed by atoms with Gasteiger partial charge in [0.05, 0.1) is 11.6 Å². The van der Waals surface area contributed by atoms with Crippen LogP contribution in [0.25, 0.3) is 0 Å². The van der Waals surface area contributed by atoms with Crippen molar-refractivity contribution in [3.63, 3.8) is 0 Å². The van der Waals surface area contributed by atoms with Gasteiger partial charge in [-0.2, -0.15) is 0 Å². The highest BCUT2D eigenvalue weighted by Crippen LogP contribution is 2.49. The first-order valence-corrected chi connectivity index (χ1v) is 10.5. The number of likely N-dealkylation sites (N-methyl/N-ethyl adjacent to an activating group) is 1. The number of fused-ring (bicyclic) bond motifs is 3. The third kappa shape index (κ3) is 3.20. The summed E-state index contributed by atoms with van der Waals surface area (Å²) in [6.07, 6.45) is 5.07. The second kappa shape index (κ2) is 6.80. The second-order valence-electron chi connectivity index (χ2n) is 7.98. The van der Waals surface area contributed by atoms with Gasteiger partial charge in [-0.25, -0.2) is 4.79 Å². The van der Waals surface area contributed by atoms with Crippen LogP contribution in [-0.4, -0.2) is 40.3 Å². The number of nitrogens with zero attached hydrogens (tertiary/aromatic N) is 1. The van der Waals surface area contributed by atoms with E-state index in [-0.39, 0.29) is 11.8 Å². The lowest BCUT2D eigenvalue weighted by Gasteiger charge is -2.56. The smallest absolute Gasteiger partial charge is 0.405 e. The van der Waals surface area contributed by atoms with Crippen LogP contribution in [0, 0.1) is 11.8 Å². The molecule has 2 bridgehead atoms. The fourth-order valence-electron chi connectivity index (χ4n) is 4.58. The van der Waals surface area contributed by atoms with E-state index >= 15 is 0 Å². The van der Waals surface area contributed by atoms with E-state index in [0.29, 0.717) is 0 Å². The number of amides is 2. The van der Waals surface area contributed by atoms with Crippen LogP contribution in [-0.2, 0) is 4.79 Å². The zero-order valence-corrected chi connectivity index (χ0v) is 15.9. The minimum Gasteiger partial charge on any atom is -0.465 e. The van der Waals surface area contributed by atoms with Crippen molar-refractivity contribution in [2.45, 2.75) is 55.0 Å². The number of carboxylic acid groups (broad SMARTS) is 1. The van der Waals surface area contributed by atoms with Crippen LogP contribution in [0.2, 0.25) is 0 Å². The predicted octanol–water partition coefficient (Wildman–Crippen LogP) is 3.90. The van der Waals surface area contributed by atoms with E-state index in [4.69, 9.17) is 0 Å². The molecule has 26 heavy (non-hydrogen) atoms. The number of carbonyl (C=O) groups excluding carboxylic acids is 1. The van der Waals surface area contributed by atoms with Crippen molar-refractivity contribution in [1.82, 2.24) is 10.2 Å². The Morgan fingerprint density at radius 1 is 1.27 bits per heavy atom. The van der Waals surface area contributed by atoms with Crippen molar-refractivity contribution >= 4 is 23.8 Å². The standard InChI is InChI=1S/C20H26N2O3S/c1-22-18(23)15-8-10-20(22,11-9-15)17(21-19(24)25)14-4-6-16(7-5-14)26-12-13-2-3-13/h4-7,13,15,17,21H,2-3,8-12H2,1H3,(H,24,25). The molecule has 0 spiro atoms. The highest BCUT2D eigenvalue weighted by Gasteiger charge is 2.54. The number of hydrogen-bond donors (Lipinski definition) is 2. The van der Waals surface area contributed by atoms with E-state index in [0.717, 1.165) is 37.2 Å². The average Bonchev–Trinajstić information content (AvgIpc) is 3.47. The van der Waals surface area contributed by atoms with E-state index in [1.54, 1.807) is 0 Å². The maximum absolute atomic E-state index is 12.6. The Kier molecular flexibility index (Phi) is 4.63. The number of benzene rings is 1. The number of hydrogen-bond acceptors (Lipinski definition) is 3. The van der Waals surface area contributed by atoms with Crippen LogP contribution in [0.15, 0.2) is 29.2 Å². The Bertz CT molecular complexity index is 694. The number of nitrogens with one attached hydrogen (secondary N) is 1. The number of piperidine rings is 2. The normalized spacial score (nSPS) is 28.9. The van der Waals surface area contributed by atoms with E-state index in [9.17, 15) is 14.7 Å². The van der Waals surface area contributed by atoms with Gasteiger partial charge in [0.25, 0.3) is 0 Å². The summed E-state index contributed by atoms with van der Waals surface area (Å²) in [5.41, 5.74) is 0.496. The monoisotopic (exact) mass is 374 g/mol. The zero-order valence-electron chi connectivity index (χ0n) is 15.1. The van der Waals surface area contributed by atoms with Gasteiger partial charge in [-0.05, 0) is 62.1 Å². The fraction of sp³-hybridized carbons (Fsp3) is 0.600. The van der Waals surface area contributed by atoms with E-state index in [1.165, 1.54) is 23.5 Å². The quantitative estimate of drug-likeness (QED) is 0.741. The van der Waals surface area contributed by atoms with Crippen LogP contribution < -0.4 is 5.32 Å². The minimum atomic E-state index is -1.04. The van der Waals surface area contributed by atoms with Gasteiger partial charge >= 0.3 is 6.09 Å². The molecule has 1 atom stereocenters. The first-order chi connectivity index (χ1) is 12.5. The Morgan fingerprint density at radius 3 is 2.50 bits per heavy atom. The molecular weight excluding hydrogens is 348 g/mol. The average molecular weight is 375 g/mol. The van der Waals surface area contributed by atoms with Crippen molar-refractivity contribution in [1.29, 1.82) is 0 Å². The predicted molar refractivity (Wildman–Crippen MR) is 101 cm³/mol. The molecule has 2 aliphatic heterocycles. The SMILES string of the molecule is CN1C(=O)C2CCC1(C(NC(=O)O)c1ccc(SCC3CC3)cc1)CC2. The summed E-state index contributed by atoms with van der Waals surface area (Å²) in [5, 5.41) is 12.2. The number of carbonyl (C=O) groups is 2. The molecule has 5 rings (SSSR count). The van der Waals surface area contributed by atoms with E-state index < -0.39 is 17.7 Å². The third-order valence-electron chi connectivity index (χ3n) is 6.40. The molecule has 2 saturated carbocycles. The Labute approximate surface area is 158 Å². The zero-order chi connectivity index (χ0) is 18.3. The van der Waals surface area contributed by atoms with Gasteiger partial charge in [0.2, 0.25) is 5.91 Å². The number of rotatable bonds is 6. The third-order valence-corrected chi connectivity index (χ3v) is 7.64. The highest BCUT2D eigenvalue weighted by molar-refractivity contribution is 7.99. The topological polar surface area (TPSA) is 69.6 Å². The Hall–Kier alpha value is -1.69. The van der Waals surface area contributed by atoms with Gasteiger partial charge in [0.1, 0.15) is 0 Å². The molecule has 4 fully saturated rings. The molecule has 140 valence electrons. The molecule has 2 heterocycles. The maximum Gasteiger partial charge on any atom is 0.405 e. The van der Waals surface area contributed by atoms with Crippen LogP contribution in [0.3, 0.4) is 0 Å². The molecule has 1 aromatic carbocycles. The van der Waals surface area contributed by atoms with Crippen molar-refractivity contribution in [3.05, 3.63) is 29.8 Å². The van der Waals surface area contributed by atoms with Crippen molar-refractivity contribution < 1.29 is 14.7 Å². The fourth-order valence-corrected chi connectivity index (χ4v) is 5.67. The summed E-state index contributed by atoms with van der Waals surface area (Å²) in [7, 11) is 1.84. The van der Waals surface area contributed by atoms with Crippen LogP contribution in [0.4, 0.5) is 4.79 Å². The molecule has 6 heteroatoms. The molecule has 1 aromatic rings. The lowest BCUT2D eigenvalue weighted by atomic mass is 9.65. The summed E-state index contributed by atoms with van der Waals surface area (Å²) < 4.78 is 0. The maximum atomic E-state index is 12.6. The molecule has 0 aromatic heterocycles. The van der Waals surface area contributed by atoms with Gasteiger partial charge < -0.3 is 15.3 Å². The number of thioether (sulfide) groups is 1. The van der Waals surface area contributed by atoms with Gasteiger partial charge in [0, 0.05) is 23.6 Å². The molecule has 2 saturated heterocycles. The summed E-state index contributed by atoms with van der Waals surface area (Å²) >= 11 is 1.87. The molecule has 2 N–H and O–H groups in total. The van der Waals surface area contributed by atoms with Gasteiger partial charge in [-0.3, -0.25) is 4.79 Å². The van der Waals surface area contributed by atoms with Crippen LogP contribution in [0.1, 0.15) is 50.1 Å². The summed E-state index contributed by atoms with van der Waals surface area (Å²) in [4.78, 5) is 27.1. The Morgan fingerprint density at radius 2 is 1.92 bits per heavy atom. The van der Waals surface area contributed by atoms with Gasteiger partial charge in [-0.15, -0.1) is 11.8 Å². The molecule has 2 aliphatic carbocycles. The molecule has 2 amide bonds. The summed E-state index contributed by atoms with van der Waals surface area (Å²) in [6.45, 7) is 0. The van der Waals surface area contributed by atoms with Crippen molar-refractivity contribution in [2.24, 2.45) is 11.8 Å². The van der Waals surface area contributed by atoms with Crippen molar-refractivity contribution in [2.75, 3.05) is 12.8 Å². The Balaban J connectivity index is 1.59. The van der Waals surface area contributed by atoms with Crippen LogP contribution in [0.5, 0.6) is 0 Å². The minimum absolute atomic E-state index is 0.119. The van der Waals surface area contributed by atoms with Crippen molar-refractivity contribution in [3.8, 4) is 0 Å². The first kappa shape index (κ1) is 17.7.